The Morgan fingerprint density at radius 3 is 2.47 bits per heavy atom. The molecule has 1 heterocycles. The molecule has 0 saturated heterocycles. The van der Waals surface area contributed by atoms with E-state index in [1.54, 1.807) is 6.33 Å². The van der Waals surface area contributed by atoms with E-state index in [1.165, 1.54) is 31.2 Å². The lowest BCUT2D eigenvalue weighted by atomic mass is 10.00. The second-order valence-corrected chi connectivity index (χ2v) is 5.72. The molecule has 0 aromatic carbocycles. The van der Waals surface area contributed by atoms with E-state index in [2.05, 4.69) is 41.4 Å². The Labute approximate surface area is 116 Å². The Bertz CT molecular complexity index is 411. The molecular formula is C15H26N4. The van der Waals surface area contributed by atoms with Crippen LogP contribution in [0.25, 0.3) is 0 Å². The van der Waals surface area contributed by atoms with Gasteiger partial charge in [0.15, 0.2) is 0 Å². The molecule has 0 atom stereocenters. The molecular weight excluding hydrogens is 236 g/mol. The van der Waals surface area contributed by atoms with Crippen molar-refractivity contribution in [2.75, 3.05) is 17.2 Å². The van der Waals surface area contributed by atoms with E-state index < -0.39 is 0 Å². The van der Waals surface area contributed by atoms with Crippen LogP contribution in [0.15, 0.2) is 6.33 Å². The molecule has 0 bridgehead atoms. The molecule has 0 radical (unpaired) electrons. The number of nitrogens with one attached hydrogen (secondary N) is 2. The number of rotatable bonds is 6. The molecule has 106 valence electrons. The second-order valence-electron chi connectivity index (χ2n) is 5.72. The third kappa shape index (κ3) is 3.37. The van der Waals surface area contributed by atoms with Crippen LogP contribution in [-0.4, -0.2) is 22.1 Å². The van der Waals surface area contributed by atoms with Gasteiger partial charge in [-0.05, 0) is 33.1 Å². The van der Waals surface area contributed by atoms with Crippen LogP contribution in [0.2, 0.25) is 0 Å². The van der Waals surface area contributed by atoms with Crippen molar-refractivity contribution >= 4 is 11.6 Å². The number of hydrogen-bond donors (Lipinski definition) is 2. The van der Waals surface area contributed by atoms with Crippen LogP contribution in [0.3, 0.4) is 0 Å². The van der Waals surface area contributed by atoms with Gasteiger partial charge in [0.2, 0.25) is 0 Å². The molecule has 4 heteroatoms. The minimum Gasteiger partial charge on any atom is -0.370 e. The molecule has 1 aromatic rings. The van der Waals surface area contributed by atoms with Crippen molar-refractivity contribution in [2.24, 2.45) is 0 Å². The highest BCUT2D eigenvalue weighted by Gasteiger charge is 2.29. The molecule has 0 unspecified atom stereocenters. The van der Waals surface area contributed by atoms with Gasteiger partial charge in [0.05, 0.1) is 0 Å². The molecule has 1 aromatic heterocycles. The molecule has 0 amide bonds. The lowest BCUT2D eigenvalue weighted by Crippen LogP contribution is -2.32. The van der Waals surface area contributed by atoms with Crippen molar-refractivity contribution in [3.63, 3.8) is 0 Å². The molecule has 1 aliphatic rings. The highest BCUT2D eigenvalue weighted by molar-refractivity contribution is 5.58. The van der Waals surface area contributed by atoms with E-state index in [0.717, 1.165) is 31.0 Å². The van der Waals surface area contributed by atoms with Crippen molar-refractivity contribution < 1.29 is 0 Å². The van der Waals surface area contributed by atoms with Crippen molar-refractivity contribution in [3.05, 3.63) is 11.9 Å². The third-order valence-electron chi connectivity index (χ3n) is 3.92. The molecule has 1 fully saturated rings. The zero-order valence-corrected chi connectivity index (χ0v) is 12.4. The topological polar surface area (TPSA) is 49.8 Å². The van der Waals surface area contributed by atoms with Crippen LogP contribution >= 0.6 is 0 Å². The fourth-order valence-electron chi connectivity index (χ4n) is 2.89. The number of aromatic nitrogens is 2. The van der Waals surface area contributed by atoms with Crippen LogP contribution in [0.5, 0.6) is 0 Å². The summed E-state index contributed by atoms with van der Waals surface area (Å²) in [5, 5.41) is 7.03. The van der Waals surface area contributed by atoms with Crippen LogP contribution < -0.4 is 10.6 Å². The lowest BCUT2D eigenvalue weighted by molar-refractivity contribution is 0.530. The molecule has 1 saturated carbocycles. The predicted molar refractivity (Wildman–Crippen MR) is 80.7 cm³/mol. The van der Waals surface area contributed by atoms with Gasteiger partial charge in [-0.1, -0.05) is 26.2 Å². The maximum absolute atomic E-state index is 4.49. The van der Waals surface area contributed by atoms with Crippen molar-refractivity contribution in [3.8, 4) is 0 Å². The summed E-state index contributed by atoms with van der Waals surface area (Å²) < 4.78 is 0. The van der Waals surface area contributed by atoms with Gasteiger partial charge in [-0.2, -0.15) is 0 Å². The van der Waals surface area contributed by atoms with Gasteiger partial charge >= 0.3 is 0 Å². The summed E-state index contributed by atoms with van der Waals surface area (Å²) in [4.78, 5) is 8.87. The highest BCUT2D eigenvalue weighted by atomic mass is 15.1. The minimum absolute atomic E-state index is 0.209. The van der Waals surface area contributed by atoms with Crippen molar-refractivity contribution in [1.82, 2.24) is 9.97 Å². The fraction of sp³-hybridized carbons (Fsp3) is 0.733. The first kappa shape index (κ1) is 14.1. The molecule has 0 aliphatic heterocycles. The summed E-state index contributed by atoms with van der Waals surface area (Å²) >= 11 is 0. The summed E-state index contributed by atoms with van der Waals surface area (Å²) in [7, 11) is 0. The van der Waals surface area contributed by atoms with Gasteiger partial charge in [-0.15, -0.1) is 0 Å². The average Bonchev–Trinajstić information content (AvgIpc) is 2.80. The normalized spacial score (nSPS) is 17.4. The fourth-order valence-corrected chi connectivity index (χ4v) is 2.89. The van der Waals surface area contributed by atoms with Crippen LogP contribution in [0.4, 0.5) is 11.6 Å². The quantitative estimate of drug-likeness (QED) is 0.822. The molecule has 2 rings (SSSR count). The standard InChI is InChI=1S/C15H26N4/c1-4-8-12-13(16-5-2)17-11-18-14(12)19-15(3)9-6-7-10-15/h11H,4-10H2,1-3H3,(H2,16,17,18,19). The SMILES string of the molecule is CCCc1c(NCC)ncnc1NC1(C)CCCC1. The van der Waals surface area contributed by atoms with Gasteiger partial charge < -0.3 is 10.6 Å². The Morgan fingerprint density at radius 1 is 1.16 bits per heavy atom. The van der Waals surface area contributed by atoms with Gasteiger partial charge in [0.1, 0.15) is 18.0 Å². The number of hydrogen-bond acceptors (Lipinski definition) is 4. The molecule has 0 spiro atoms. The van der Waals surface area contributed by atoms with E-state index in [1.807, 2.05) is 0 Å². The average molecular weight is 262 g/mol. The van der Waals surface area contributed by atoms with E-state index in [9.17, 15) is 0 Å². The highest BCUT2D eigenvalue weighted by Crippen LogP contribution is 2.34. The first-order valence-corrected chi connectivity index (χ1v) is 7.54. The van der Waals surface area contributed by atoms with E-state index >= 15 is 0 Å². The van der Waals surface area contributed by atoms with Crippen molar-refractivity contribution in [1.29, 1.82) is 0 Å². The second kappa shape index (κ2) is 6.22. The largest absolute Gasteiger partial charge is 0.370 e. The third-order valence-corrected chi connectivity index (χ3v) is 3.92. The Morgan fingerprint density at radius 2 is 1.84 bits per heavy atom. The van der Waals surface area contributed by atoms with Gasteiger partial charge in [0, 0.05) is 17.6 Å². The minimum atomic E-state index is 0.209. The predicted octanol–water partition coefficient (Wildman–Crippen LogP) is 3.61. The first-order valence-electron chi connectivity index (χ1n) is 7.54. The van der Waals surface area contributed by atoms with Crippen LogP contribution in [-0.2, 0) is 6.42 Å². The summed E-state index contributed by atoms with van der Waals surface area (Å²) in [5.41, 5.74) is 1.44. The summed E-state index contributed by atoms with van der Waals surface area (Å²) in [6.07, 6.45) is 8.89. The van der Waals surface area contributed by atoms with E-state index in [0.29, 0.717) is 0 Å². The zero-order valence-electron chi connectivity index (χ0n) is 12.4. The molecule has 19 heavy (non-hydrogen) atoms. The monoisotopic (exact) mass is 262 g/mol. The zero-order chi connectivity index (χ0) is 13.7. The summed E-state index contributed by atoms with van der Waals surface area (Å²) in [5.74, 6) is 2.01. The van der Waals surface area contributed by atoms with Crippen LogP contribution in [0.1, 0.15) is 58.4 Å². The van der Waals surface area contributed by atoms with Gasteiger partial charge in [0.25, 0.3) is 0 Å². The van der Waals surface area contributed by atoms with E-state index in [-0.39, 0.29) is 5.54 Å². The Balaban J connectivity index is 2.24. The molecule has 1 aliphatic carbocycles. The van der Waals surface area contributed by atoms with Crippen LogP contribution in [0, 0.1) is 0 Å². The maximum Gasteiger partial charge on any atom is 0.135 e. The number of nitrogens with zero attached hydrogens (tertiary/aromatic N) is 2. The first-order chi connectivity index (χ1) is 9.18. The maximum atomic E-state index is 4.49. The molecule has 2 N–H and O–H groups in total. The lowest BCUT2D eigenvalue weighted by Gasteiger charge is -2.27. The van der Waals surface area contributed by atoms with Gasteiger partial charge in [-0.3, -0.25) is 0 Å². The Hall–Kier alpha value is -1.32. The summed E-state index contributed by atoms with van der Waals surface area (Å²) in [6, 6.07) is 0. The Kier molecular flexibility index (Phi) is 4.61. The summed E-state index contributed by atoms with van der Waals surface area (Å²) in [6.45, 7) is 7.50. The smallest absolute Gasteiger partial charge is 0.135 e. The van der Waals surface area contributed by atoms with E-state index in [4.69, 9.17) is 0 Å². The van der Waals surface area contributed by atoms with Crippen molar-refractivity contribution in [2.45, 2.75) is 64.8 Å². The molecule has 4 nitrogen and oxygen atoms in total. The van der Waals surface area contributed by atoms with Gasteiger partial charge in [-0.25, -0.2) is 9.97 Å². The number of anilines is 2.